The molecule has 0 aromatic carbocycles. The van der Waals surface area contributed by atoms with Gasteiger partial charge in [0.05, 0.1) is 10.9 Å². The molecule has 0 bridgehead atoms. The molecule has 1 aliphatic heterocycles. The maximum atomic E-state index is 12.5. The molecule has 2 fully saturated rings. The van der Waals surface area contributed by atoms with Gasteiger partial charge >= 0.3 is 0 Å². The first-order valence-electron chi connectivity index (χ1n) is 8.10. The van der Waals surface area contributed by atoms with Crippen LogP contribution in [-0.2, 0) is 19.6 Å². The third-order valence-corrected chi connectivity index (χ3v) is 8.19. The minimum atomic E-state index is -3.57. The highest BCUT2D eigenvalue weighted by Crippen LogP contribution is 2.37. The number of carbonyl (C=O) groups excluding carboxylic acids is 2. The fraction of sp³-hybridized carbons (Fsp3) is 0.600. The Balaban J connectivity index is 1.49. The van der Waals surface area contributed by atoms with E-state index in [1.807, 2.05) is 6.92 Å². The van der Waals surface area contributed by atoms with Gasteiger partial charge < -0.3 is 10.2 Å². The van der Waals surface area contributed by atoms with Gasteiger partial charge in [0.25, 0.3) is 10.0 Å². The molecule has 1 aromatic heterocycles. The first-order chi connectivity index (χ1) is 11.8. The summed E-state index contributed by atoms with van der Waals surface area (Å²) in [6, 6.07) is 3.05. The molecule has 0 radical (unpaired) electrons. The van der Waals surface area contributed by atoms with Crippen molar-refractivity contribution in [2.75, 3.05) is 32.7 Å². The number of hydrogen-bond acceptors (Lipinski definition) is 5. The summed E-state index contributed by atoms with van der Waals surface area (Å²) in [6.45, 7) is 3.07. The van der Waals surface area contributed by atoms with Crippen LogP contribution in [0.3, 0.4) is 0 Å². The van der Waals surface area contributed by atoms with Crippen molar-refractivity contribution in [2.45, 2.75) is 17.6 Å². The fourth-order valence-electron chi connectivity index (χ4n) is 2.83. The van der Waals surface area contributed by atoms with Gasteiger partial charge in [-0.3, -0.25) is 9.59 Å². The topological polar surface area (TPSA) is 86.8 Å². The van der Waals surface area contributed by atoms with E-state index in [-0.39, 0.29) is 41.6 Å². The standard InChI is InChI=1S/C15H20ClN3O4S2/c1-10-8-11(10)15(21)17-9-13(20)18-4-6-19(7-5-18)25(22,23)14-3-2-12(16)24-14/h2-3,10-11H,4-9H2,1H3,(H,17,21)/t10-,11-/m1/s1. The summed E-state index contributed by atoms with van der Waals surface area (Å²) < 4.78 is 27.0. The van der Waals surface area contributed by atoms with Crippen LogP contribution in [0.2, 0.25) is 4.34 Å². The van der Waals surface area contributed by atoms with Crippen LogP contribution in [-0.4, -0.2) is 62.2 Å². The van der Waals surface area contributed by atoms with Crippen LogP contribution in [0, 0.1) is 11.8 Å². The molecule has 1 saturated carbocycles. The minimum absolute atomic E-state index is 0.0324. The van der Waals surface area contributed by atoms with Crippen molar-refractivity contribution in [1.29, 1.82) is 0 Å². The van der Waals surface area contributed by atoms with Crippen molar-refractivity contribution in [3.8, 4) is 0 Å². The van der Waals surface area contributed by atoms with Gasteiger partial charge in [-0.25, -0.2) is 8.42 Å². The summed E-state index contributed by atoms with van der Waals surface area (Å²) in [6.07, 6.45) is 0.878. The van der Waals surface area contributed by atoms with Gasteiger partial charge in [0.2, 0.25) is 11.8 Å². The van der Waals surface area contributed by atoms with Gasteiger partial charge in [-0.1, -0.05) is 18.5 Å². The van der Waals surface area contributed by atoms with E-state index in [1.165, 1.54) is 10.4 Å². The van der Waals surface area contributed by atoms with Crippen LogP contribution in [0.1, 0.15) is 13.3 Å². The van der Waals surface area contributed by atoms with Gasteiger partial charge in [0, 0.05) is 32.1 Å². The predicted octanol–water partition coefficient (Wildman–Crippen LogP) is 1.01. The van der Waals surface area contributed by atoms with E-state index < -0.39 is 10.0 Å². The van der Waals surface area contributed by atoms with Crippen molar-refractivity contribution >= 4 is 44.8 Å². The zero-order valence-electron chi connectivity index (χ0n) is 13.8. The van der Waals surface area contributed by atoms with E-state index in [2.05, 4.69) is 5.32 Å². The number of nitrogens with one attached hydrogen (secondary N) is 1. The largest absolute Gasteiger partial charge is 0.347 e. The second-order valence-corrected chi connectivity index (χ2v) is 10.3. The highest BCUT2D eigenvalue weighted by molar-refractivity contribution is 7.91. The molecule has 1 N–H and O–H groups in total. The average molecular weight is 406 g/mol. The van der Waals surface area contributed by atoms with Crippen molar-refractivity contribution in [3.05, 3.63) is 16.5 Å². The Hall–Kier alpha value is -1.16. The molecular weight excluding hydrogens is 386 g/mol. The van der Waals surface area contributed by atoms with Crippen molar-refractivity contribution in [2.24, 2.45) is 11.8 Å². The Labute approximate surface area is 156 Å². The number of hydrogen-bond donors (Lipinski definition) is 1. The van der Waals surface area contributed by atoms with E-state index in [0.29, 0.717) is 23.3 Å². The smallest absolute Gasteiger partial charge is 0.252 e. The number of nitrogens with zero attached hydrogens (tertiary/aromatic N) is 2. The Morgan fingerprint density at radius 1 is 1.28 bits per heavy atom. The van der Waals surface area contributed by atoms with Gasteiger partial charge in [0.15, 0.2) is 0 Å². The van der Waals surface area contributed by atoms with E-state index in [9.17, 15) is 18.0 Å². The zero-order valence-corrected chi connectivity index (χ0v) is 16.2. The van der Waals surface area contributed by atoms with E-state index in [4.69, 9.17) is 11.6 Å². The minimum Gasteiger partial charge on any atom is -0.347 e. The summed E-state index contributed by atoms with van der Waals surface area (Å²) in [7, 11) is -3.57. The van der Waals surface area contributed by atoms with Crippen LogP contribution in [0.4, 0.5) is 0 Å². The number of halogens is 1. The lowest BCUT2D eigenvalue weighted by molar-refractivity contribution is -0.134. The van der Waals surface area contributed by atoms with E-state index >= 15 is 0 Å². The molecule has 3 rings (SSSR count). The molecule has 1 aromatic rings. The Bertz CT molecular complexity index is 771. The number of amides is 2. The molecule has 7 nitrogen and oxygen atoms in total. The molecule has 2 aliphatic rings. The maximum absolute atomic E-state index is 12.5. The summed E-state index contributed by atoms with van der Waals surface area (Å²) in [5, 5.41) is 2.67. The molecule has 138 valence electrons. The summed E-state index contributed by atoms with van der Waals surface area (Å²) in [5.41, 5.74) is 0. The van der Waals surface area contributed by atoms with Crippen LogP contribution in [0.25, 0.3) is 0 Å². The van der Waals surface area contributed by atoms with Crippen molar-refractivity contribution in [3.63, 3.8) is 0 Å². The zero-order chi connectivity index (χ0) is 18.2. The monoisotopic (exact) mass is 405 g/mol. The molecular formula is C15H20ClN3O4S2. The SMILES string of the molecule is C[C@@H]1C[C@H]1C(=O)NCC(=O)N1CCN(S(=O)(=O)c2ccc(Cl)s2)CC1. The number of piperazine rings is 1. The van der Waals surface area contributed by atoms with Gasteiger partial charge in [-0.05, 0) is 24.5 Å². The average Bonchev–Trinajstić information content (AvgIpc) is 3.16. The highest BCUT2D eigenvalue weighted by Gasteiger charge is 2.39. The molecule has 0 unspecified atom stereocenters. The van der Waals surface area contributed by atoms with E-state index in [1.54, 1.807) is 11.0 Å². The molecule has 25 heavy (non-hydrogen) atoms. The lowest BCUT2D eigenvalue weighted by Gasteiger charge is -2.33. The highest BCUT2D eigenvalue weighted by atomic mass is 35.5. The Morgan fingerprint density at radius 3 is 2.44 bits per heavy atom. The molecule has 1 aliphatic carbocycles. The van der Waals surface area contributed by atoms with Crippen molar-refractivity contribution in [1.82, 2.24) is 14.5 Å². The van der Waals surface area contributed by atoms with Gasteiger partial charge in [-0.2, -0.15) is 4.31 Å². The lowest BCUT2D eigenvalue weighted by atomic mass is 10.3. The third-order valence-electron chi connectivity index (χ3n) is 4.59. The molecule has 2 amide bonds. The third kappa shape index (κ3) is 4.16. The fourth-order valence-corrected chi connectivity index (χ4v) is 5.89. The summed E-state index contributed by atoms with van der Waals surface area (Å²) in [4.78, 5) is 25.5. The van der Waals surface area contributed by atoms with Crippen LogP contribution < -0.4 is 5.32 Å². The predicted molar refractivity (Wildman–Crippen MR) is 94.9 cm³/mol. The number of rotatable bonds is 5. The quantitative estimate of drug-likeness (QED) is 0.791. The number of thiophene rings is 1. The molecule has 2 atom stereocenters. The second-order valence-electron chi connectivity index (χ2n) is 6.38. The molecule has 10 heteroatoms. The Morgan fingerprint density at radius 2 is 1.92 bits per heavy atom. The normalized spacial score (nSPS) is 24.2. The number of carbonyl (C=O) groups is 2. The maximum Gasteiger partial charge on any atom is 0.252 e. The van der Waals surface area contributed by atoms with E-state index in [0.717, 1.165) is 17.8 Å². The molecule has 2 heterocycles. The first-order valence-corrected chi connectivity index (χ1v) is 10.7. The summed E-state index contributed by atoms with van der Waals surface area (Å²) in [5.74, 6) is 0.177. The molecule has 1 saturated heterocycles. The van der Waals surface area contributed by atoms with Gasteiger partial charge in [0.1, 0.15) is 4.21 Å². The van der Waals surface area contributed by atoms with Crippen LogP contribution >= 0.6 is 22.9 Å². The van der Waals surface area contributed by atoms with Crippen molar-refractivity contribution < 1.29 is 18.0 Å². The second kappa shape index (κ2) is 7.22. The van der Waals surface area contributed by atoms with Crippen LogP contribution in [0.5, 0.6) is 0 Å². The van der Waals surface area contributed by atoms with Gasteiger partial charge in [-0.15, -0.1) is 11.3 Å². The first kappa shape index (κ1) is 18.6. The van der Waals surface area contributed by atoms with Crippen LogP contribution in [0.15, 0.2) is 16.3 Å². The number of sulfonamides is 1. The molecule has 0 spiro atoms. The lowest BCUT2D eigenvalue weighted by Crippen LogP contribution is -2.52. The Kier molecular flexibility index (Phi) is 5.38. The summed E-state index contributed by atoms with van der Waals surface area (Å²) >= 11 is 6.84.